The third-order valence-electron chi connectivity index (χ3n) is 3.67. The minimum Gasteiger partial charge on any atom is -0.343 e. The summed E-state index contributed by atoms with van der Waals surface area (Å²) < 4.78 is 0. The smallest absolute Gasteiger partial charge is 0.313 e. The molecular formula is C20H26N2O2. The van der Waals surface area contributed by atoms with Gasteiger partial charge >= 0.3 is 11.8 Å². The van der Waals surface area contributed by atoms with Gasteiger partial charge in [-0.1, -0.05) is 57.2 Å². The van der Waals surface area contributed by atoms with Gasteiger partial charge in [0.05, 0.1) is 0 Å². The Hall–Kier alpha value is -2.36. The molecule has 0 heterocycles. The van der Waals surface area contributed by atoms with Gasteiger partial charge in [-0.25, -0.2) is 0 Å². The van der Waals surface area contributed by atoms with Gasteiger partial charge in [0, 0.05) is 16.6 Å². The van der Waals surface area contributed by atoms with Crippen LogP contribution in [0.25, 0.3) is 10.8 Å². The van der Waals surface area contributed by atoms with Crippen LogP contribution in [0.1, 0.15) is 41.0 Å². The van der Waals surface area contributed by atoms with Crippen LogP contribution in [0, 0.1) is 5.41 Å². The van der Waals surface area contributed by atoms with E-state index in [1.807, 2.05) is 50.2 Å². The lowest BCUT2D eigenvalue weighted by Crippen LogP contribution is -2.49. The lowest BCUT2D eigenvalue weighted by atomic mass is 9.82. The van der Waals surface area contributed by atoms with E-state index < -0.39 is 17.4 Å². The summed E-state index contributed by atoms with van der Waals surface area (Å²) in [6, 6.07) is 13.4. The van der Waals surface area contributed by atoms with E-state index in [1.54, 1.807) is 6.07 Å². The summed E-state index contributed by atoms with van der Waals surface area (Å²) in [5.41, 5.74) is 0.246. The normalized spacial score (nSPS) is 12.0. The van der Waals surface area contributed by atoms with E-state index in [-0.39, 0.29) is 5.41 Å². The van der Waals surface area contributed by atoms with Crippen molar-refractivity contribution in [2.75, 3.05) is 5.32 Å². The molecule has 0 aromatic heterocycles. The minimum atomic E-state index is -0.645. The van der Waals surface area contributed by atoms with Gasteiger partial charge < -0.3 is 10.6 Å². The zero-order valence-corrected chi connectivity index (χ0v) is 15.1. The van der Waals surface area contributed by atoms with Crippen molar-refractivity contribution in [2.45, 2.75) is 46.6 Å². The van der Waals surface area contributed by atoms with Gasteiger partial charge in [-0.3, -0.25) is 9.59 Å². The fourth-order valence-corrected chi connectivity index (χ4v) is 3.25. The molecule has 2 aromatic carbocycles. The van der Waals surface area contributed by atoms with Crippen LogP contribution < -0.4 is 10.6 Å². The van der Waals surface area contributed by atoms with Crippen molar-refractivity contribution in [3.05, 3.63) is 42.5 Å². The van der Waals surface area contributed by atoms with Gasteiger partial charge in [-0.2, -0.15) is 0 Å². The molecule has 2 rings (SSSR count). The second kappa shape index (κ2) is 6.63. The van der Waals surface area contributed by atoms with Crippen molar-refractivity contribution in [1.29, 1.82) is 0 Å². The van der Waals surface area contributed by atoms with Crippen LogP contribution in [0.3, 0.4) is 0 Å². The Morgan fingerprint density at radius 2 is 1.50 bits per heavy atom. The molecule has 2 N–H and O–H groups in total. The second-order valence-electron chi connectivity index (χ2n) is 8.06. The molecule has 0 spiro atoms. The highest BCUT2D eigenvalue weighted by Crippen LogP contribution is 2.27. The van der Waals surface area contributed by atoms with Gasteiger partial charge in [-0.05, 0) is 37.1 Å². The number of hydrogen-bond acceptors (Lipinski definition) is 2. The van der Waals surface area contributed by atoms with Crippen molar-refractivity contribution in [3.8, 4) is 0 Å². The highest BCUT2D eigenvalue weighted by Gasteiger charge is 2.29. The minimum absolute atomic E-state index is 0.0584. The summed E-state index contributed by atoms with van der Waals surface area (Å²) in [5.74, 6) is -1.26. The number of hydrogen-bond donors (Lipinski definition) is 2. The zero-order valence-electron chi connectivity index (χ0n) is 15.1. The Morgan fingerprint density at radius 1 is 0.875 bits per heavy atom. The van der Waals surface area contributed by atoms with Crippen LogP contribution in [0.2, 0.25) is 0 Å². The molecule has 0 atom stereocenters. The van der Waals surface area contributed by atoms with Crippen LogP contribution in [-0.2, 0) is 9.59 Å². The topological polar surface area (TPSA) is 58.2 Å². The van der Waals surface area contributed by atoms with Gasteiger partial charge in [0.15, 0.2) is 0 Å². The van der Waals surface area contributed by atoms with E-state index in [4.69, 9.17) is 0 Å². The van der Waals surface area contributed by atoms with Crippen molar-refractivity contribution >= 4 is 28.3 Å². The molecule has 0 aliphatic carbocycles. The van der Waals surface area contributed by atoms with E-state index in [0.29, 0.717) is 5.69 Å². The number of nitrogens with one attached hydrogen (secondary N) is 2. The van der Waals surface area contributed by atoms with Crippen molar-refractivity contribution < 1.29 is 9.59 Å². The third kappa shape index (κ3) is 4.82. The molecule has 0 saturated carbocycles. The molecule has 0 fully saturated rings. The molecule has 2 amide bonds. The maximum Gasteiger partial charge on any atom is 0.313 e. The number of amides is 2. The fourth-order valence-electron chi connectivity index (χ4n) is 3.25. The van der Waals surface area contributed by atoms with Crippen LogP contribution in [0.5, 0.6) is 0 Å². The van der Waals surface area contributed by atoms with E-state index in [0.717, 1.165) is 17.2 Å². The Balaban J connectivity index is 2.10. The van der Waals surface area contributed by atoms with E-state index in [2.05, 4.69) is 31.4 Å². The molecule has 0 bridgehead atoms. The summed E-state index contributed by atoms with van der Waals surface area (Å²) in [7, 11) is 0. The molecule has 4 heteroatoms. The molecule has 0 aliphatic heterocycles. The third-order valence-corrected chi connectivity index (χ3v) is 3.67. The predicted molar refractivity (Wildman–Crippen MR) is 98.9 cm³/mol. The first kappa shape index (κ1) is 18.0. The van der Waals surface area contributed by atoms with Crippen LogP contribution in [0.4, 0.5) is 5.69 Å². The number of carbonyl (C=O) groups excluding carboxylic acids is 2. The van der Waals surface area contributed by atoms with Gasteiger partial charge in [0.25, 0.3) is 0 Å². The van der Waals surface area contributed by atoms with Gasteiger partial charge in [0.2, 0.25) is 0 Å². The van der Waals surface area contributed by atoms with Gasteiger partial charge in [-0.15, -0.1) is 0 Å². The lowest BCUT2D eigenvalue weighted by molar-refractivity contribution is -0.137. The van der Waals surface area contributed by atoms with Crippen molar-refractivity contribution in [3.63, 3.8) is 0 Å². The summed E-state index contributed by atoms with van der Waals surface area (Å²) in [6.45, 7) is 10.2. The van der Waals surface area contributed by atoms with Crippen LogP contribution in [-0.4, -0.2) is 17.4 Å². The Bertz CT molecular complexity index is 752. The standard InChI is InChI=1S/C20H26N2O2/c1-19(2,3)13-20(4,5)22-18(24)17(23)21-16-12-8-10-14-9-6-7-11-15(14)16/h6-12H,13H2,1-5H3,(H,21,23)(H,22,24). The van der Waals surface area contributed by atoms with Gasteiger partial charge in [0.1, 0.15) is 0 Å². The number of rotatable bonds is 3. The monoisotopic (exact) mass is 326 g/mol. The summed E-state index contributed by atoms with van der Waals surface area (Å²) in [6.07, 6.45) is 0.771. The largest absolute Gasteiger partial charge is 0.343 e. The molecule has 0 radical (unpaired) electrons. The zero-order chi connectivity index (χ0) is 18.0. The van der Waals surface area contributed by atoms with E-state index in [9.17, 15) is 9.59 Å². The van der Waals surface area contributed by atoms with Crippen LogP contribution >= 0.6 is 0 Å². The summed E-state index contributed by atoms with van der Waals surface area (Å²) in [5, 5.41) is 7.48. The highest BCUT2D eigenvalue weighted by molar-refractivity contribution is 6.40. The first-order chi connectivity index (χ1) is 11.1. The maximum absolute atomic E-state index is 12.3. The average molecular weight is 326 g/mol. The summed E-state index contributed by atoms with van der Waals surface area (Å²) >= 11 is 0. The molecule has 24 heavy (non-hydrogen) atoms. The average Bonchev–Trinajstić information content (AvgIpc) is 2.44. The highest BCUT2D eigenvalue weighted by atomic mass is 16.2. The van der Waals surface area contributed by atoms with Crippen LogP contribution in [0.15, 0.2) is 42.5 Å². The molecule has 0 unspecified atom stereocenters. The fraction of sp³-hybridized carbons (Fsp3) is 0.400. The first-order valence-corrected chi connectivity index (χ1v) is 8.19. The first-order valence-electron chi connectivity index (χ1n) is 8.19. The molecule has 128 valence electrons. The SMILES string of the molecule is CC(C)(C)CC(C)(C)NC(=O)C(=O)Nc1cccc2ccccc12. The number of anilines is 1. The molecule has 4 nitrogen and oxygen atoms in total. The lowest BCUT2D eigenvalue weighted by Gasteiger charge is -2.33. The Labute approximate surface area is 143 Å². The molecular weight excluding hydrogens is 300 g/mol. The summed E-state index contributed by atoms with van der Waals surface area (Å²) in [4.78, 5) is 24.5. The quantitative estimate of drug-likeness (QED) is 0.834. The predicted octanol–water partition coefficient (Wildman–Crippen LogP) is 4.11. The molecule has 0 aliphatic rings. The Morgan fingerprint density at radius 3 is 2.17 bits per heavy atom. The number of fused-ring (bicyclic) bond motifs is 1. The number of benzene rings is 2. The van der Waals surface area contributed by atoms with E-state index in [1.165, 1.54) is 0 Å². The molecule has 0 saturated heterocycles. The molecule has 2 aromatic rings. The second-order valence-corrected chi connectivity index (χ2v) is 8.06. The van der Waals surface area contributed by atoms with Crippen molar-refractivity contribution in [2.24, 2.45) is 5.41 Å². The maximum atomic E-state index is 12.3. The Kier molecular flexibility index (Phi) is 4.97. The van der Waals surface area contributed by atoms with E-state index >= 15 is 0 Å². The number of carbonyl (C=O) groups is 2. The van der Waals surface area contributed by atoms with Crippen molar-refractivity contribution in [1.82, 2.24) is 5.32 Å².